The quantitative estimate of drug-likeness (QED) is 0.878. The Labute approximate surface area is 115 Å². The first kappa shape index (κ1) is 14.5. The molecule has 2 rings (SSSR count). The first-order chi connectivity index (χ1) is 9.22. The molecule has 0 aromatic heterocycles. The van der Waals surface area contributed by atoms with Crippen molar-refractivity contribution in [2.75, 3.05) is 19.8 Å². The van der Waals surface area contributed by atoms with Crippen LogP contribution >= 0.6 is 0 Å². The normalized spacial score (nSPS) is 21.3. The fraction of sp³-hybridized carbons (Fsp3) is 0.625. The molecule has 1 fully saturated rings. The molecule has 0 bridgehead atoms. The van der Waals surface area contributed by atoms with Gasteiger partial charge in [-0.05, 0) is 38.8 Å². The van der Waals surface area contributed by atoms with E-state index in [0.717, 1.165) is 50.1 Å². The SMILES string of the molecule is CCCNC(c1cc(C)ccc1F)C1CCCOC1. The minimum atomic E-state index is -0.107. The molecule has 2 nitrogen and oxygen atoms in total. The van der Waals surface area contributed by atoms with Crippen molar-refractivity contribution in [3.05, 3.63) is 35.1 Å². The number of nitrogens with one attached hydrogen (secondary N) is 1. The summed E-state index contributed by atoms with van der Waals surface area (Å²) < 4.78 is 19.7. The number of aryl methyl sites for hydroxylation is 1. The molecule has 2 unspecified atom stereocenters. The highest BCUT2D eigenvalue weighted by molar-refractivity contribution is 5.27. The number of rotatable bonds is 5. The van der Waals surface area contributed by atoms with Crippen LogP contribution in [0.2, 0.25) is 0 Å². The van der Waals surface area contributed by atoms with Crippen molar-refractivity contribution in [3.63, 3.8) is 0 Å². The first-order valence-electron chi connectivity index (χ1n) is 7.29. The van der Waals surface area contributed by atoms with Crippen LogP contribution in [0.1, 0.15) is 43.4 Å². The molecule has 2 atom stereocenters. The highest BCUT2D eigenvalue weighted by Gasteiger charge is 2.27. The molecule has 1 saturated heterocycles. The number of hydrogen-bond donors (Lipinski definition) is 1. The van der Waals surface area contributed by atoms with E-state index in [9.17, 15) is 4.39 Å². The first-order valence-corrected chi connectivity index (χ1v) is 7.29. The minimum Gasteiger partial charge on any atom is -0.381 e. The zero-order valence-corrected chi connectivity index (χ0v) is 11.9. The van der Waals surface area contributed by atoms with E-state index in [1.165, 1.54) is 0 Å². The molecule has 1 N–H and O–H groups in total. The molecule has 106 valence electrons. The van der Waals surface area contributed by atoms with Crippen molar-refractivity contribution >= 4 is 0 Å². The molecule has 1 aliphatic rings. The van der Waals surface area contributed by atoms with E-state index in [1.807, 2.05) is 19.1 Å². The second-order valence-electron chi connectivity index (χ2n) is 5.43. The van der Waals surface area contributed by atoms with Crippen molar-refractivity contribution in [1.29, 1.82) is 0 Å². The molecule has 3 heteroatoms. The summed E-state index contributed by atoms with van der Waals surface area (Å²) in [5.74, 6) is 0.265. The molecular weight excluding hydrogens is 241 g/mol. The molecule has 19 heavy (non-hydrogen) atoms. The van der Waals surface area contributed by atoms with E-state index in [4.69, 9.17) is 4.74 Å². The molecule has 1 aromatic rings. The van der Waals surface area contributed by atoms with Gasteiger partial charge in [-0.25, -0.2) is 4.39 Å². The topological polar surface area (TPSA) is 21.3 Å². The lowest BCUT2D eigenvalue weighted by atomic mass is 9.87. The van der Waals surface area contributed by atoms with Gasteiger partial charge < -0.3 is 10.1 Å². The smallest absolute Gasteiger partial charge is 0.128 e. The number of halogens is 1. The average molecular weight is 265 g/mol. The molecule has 1 aromatic carbocycles. The third-order valence-corrected chi connectivity index (χ3v) is 3.77. The molecule has 0 saturated carbocycles. The lowest BCUT2D eigenvalue weighted by Crippen LogP contribution is -2.34. The minimum absolute atomic E-state index is 0.0696. The van der Waals surface area contributed by atoms with E-state index in [0.29, 0.717) is 5.92 Å². The fourth-order valence-electron chi connectivity index (χ4n) is 2.76. The van der Waals surface area contributed by atoms with Gasteiger partial charge in [0.25, 0.3) is 0 Å². The van der Waals surface area contributed by atoms with Gasteiger partial charge in [0.15, 0.2) is 0 Å². The Morgan fingerprint density at radius 3 is 3.00 bits per heavy atom. The lowest BCUT2D eigenvalue weighted by Gasteiger charge is -2.31. The van der Waals surface area contributed by atoms with Crippen LogP contribution in [0.25, 0.3) is 0 Å². The van der Waals surface area contributed by atoms with E-state index in [1.54, 1.807) is 6.07 Å². The van der Waals surface area contributed by atoms with Crippen molar-refractivity contribution < 1.29 is 9.13 Å². The maximum atomic E-state index is 14.1. The predicted molar refractivity (Wildman–Crippen MR) is 75.7 cm³/mol. The molecular formula is C16H24FNO. The second-order valence-corrected chi connectivity index (χ2v) is 5.43. The van der Waals surface area contributed by atoms with Crippen LogP contribution in [0.3, 0.4) is 0 Å². The van der Waals surface area contributed by atoms with Gasteiger partial charge in [-0.1, -0.05) is 24.6 Å². The fourth-order valence-corrected chi connectivity index (χ4v) is 2.76. The summed E-state index contributed by atoms with van der Waals surface area (Å²) in [7, 11) is 0. The van der Waals surface area contributed by atoms with E-state index < -0.39 is 0 Å². The Kier molecular flexibility index (Phi) is 5.34. The summed E-state index contributed by atoms with van der Waals surface area (Å²) in [5.41, 5.74) is 1.90. The van der Waals surface area contributed by atoms with Gasteiger partial charge in [0, 0.05) is 24.1 Å². The van der Waals surface area contributed by atoms with Gasteiger partial charge in [-0.3, -0.25) is 0 Å². The maximum absolute atomic E-state index is 14.1. The van der Waals surface area contributed by atoms with Crippen LogP contribution in [-0.2, 0) is 4.74 Å². The Morgan fingerprint density at radius 2 is 2.32 bits per heavy atom. The second kappa shape index (κ2) is 7.01. The van der Waals surface area contributed by atoms with Gasteiger partial charge in [0.2, 0.25) is 0 Å². The van der Waals surface area contributed by atoms with Crippen molar-refractivity contribution in [2.24, 2.45) is 5.92 Å². The molecule has 1 heterocycles. The summed E-state index contributed by atoms with van der Waals surface area (Å²) in [6, 6.07) is 5.44. The Hall–Kier alpha value is -0.930. The molecule has 0 aliphatic carbocycles. The number of ether oxygens (including phenoxy) is 1. The van der Waals surface area contributed by atoms with E-state index in [-0.39, 0.29) is 11.9 Å². The molecule has 0 amide bonds. The Bertz CT molecular complexity index is 402. The van der Waals surface area contributed by atoms with E-state index >= 15 is 0 Å². The van der Waals surface area contributed by atoms with Crippen LogP contribution in [0, 0.1) is 18.7 Å². The van der Waals surface area contributed by atoms with Crippen molar-refractivity contribution in [2.45, 2.75) is 39.2 Å². The zero-order valence-electron chi connectivity index (χ0n) is 11.9. The van der Waals surface area contributed by atoms with Gasteiger partial charge >= 0.3 is 0 Å². The highest BCUT2D eigenvalue weighted by atomic mass is 19.1. The average Bonchev–Trinajstić information content (AvgIpc) is 2.44. The van der Waals surface area contributed by atoms with Crippen LogP contribution in [0.4, 0.5) is 4.39 Å². The Balaban J connectivity index is 2.22. The van der Waals surface area contributed by atoms with Gasteiger partial charge in [-0.15, -0.1) is 0 Å². The van der Waals surface area contributed by atoms with Crippen LogP contribution in [-0.4, -0.2) is 19.8 Å². The standard InChI is InChI=1S/C16H24FNO/c1-3-8-18-16(13-5-4-9-19-11-13)14-10-12(2)6-7-15(14)17/h6-7,10,13,16,18H,3-5,8-9,11H2,1-2H3. The number of benzene rings is 1. The maximum Gasteiger partial charge on any atom is 0.128 e. The zero-order chi connectivity index (χ0) is 13.7. The summed E-state index contributed by atoms with van der Waals surface area (Å²) in [5, 5.41) is 3.50. The lowest BCUT2D eigenvalue weighted by molar-refractivity contribution is 0.0385. The van der Waals surface area contributed by atoms with Gasteiger partial charge in [0.05, 0.1) is 6.61 Å². The highest BCUT2D eigenvalue weighted by Crippen LogP contribution is 2.30. The summed E-state index contributed by atoms with van der Waals surface area (Å²) in [6.07, 6.45) is 3.23. The van der Waals surface area contributed by atoms with E-state index in [2.05, 4.69) is 12.2 Å². The monoisotopic (exact) mass is 265 g/mol. The van der Waals surface area contributed by atoms with Crippen LogP contribution < -0.4 is 5.32 Å². The van der Waals surface area contributed by atoms with Gasteiger partial charge in [-0.2, -0.15) is 0 Å². The van der Waals surface area contributed by atoms with Crippen molar-refractivity contribution in [1.82, 2.24) is 5.32 Å². The third-order valence-electron chi connectivity index (χ3n) is 3.77. The molecule has 1 aliphatic heterocycles. The molecule has 0 radical (unpaired) electrons. The van der Waals surface area contributed by atoms with Crippen molar-refractivity contribution in [3.8, 4) is 0 Å². The summed E-state index contributed by atoms with van der Waals surface area (Å²) in [4.78, 5) is 0. The largest absolute Gasteiger partial charge is 0.381 e. The summed E-state index contributed by atoms with van der Waals surface area (Å²) >= 11 is 0. The summed E-state index contributed by atoms with van der Waals surface area (Å²) in [6.45, 7) is 6.63. The van der Waals surface area contributed by atoms with Crippen LogP contribution in [0.5, 0.6) is 0 Å². The van der Waals surface area contributed by atoms with Gasteiger partial charge in [0.1, 0.15) is 5.82 Å². The Morgan fingerprint density at radius 1 is 1.47 bits per heavy atom. The third kappa shape index (κ3) is 3.77. The molecule has 0 spiro atoms. The predicted octanol–water partition coefficient (Wildman–Crippen LogP) is 3.60. The van der Waals surface area contributed by atoms with Crippen LogP contribution in [0.15, 0.2) is 18.2 Å². The number of hydrogen-bond acceptors (Lipinski definition) is 2.